The van der Waals surface area contributed by atoms with Gasteiger partial charge in [0, 0.05) is 24.2 Å². The van der Waals surface area contributed by atoms with Crippen molar-refractivity contribution in [2.45, 2.75) is 19.1 Å². The Kier molecular flexibility index (Phi) is 4.19. The Labute approximate surface area is 112 Å². The first kappa shape index (κ1) is 13.6. The fourth-order valence-electron chi connectivity index (χ4n) is 1.80. The van der Waals surface area contributed by atoms with Crippen LogP contribution in [0.15, 0.2) is 30.5 Å². The third-order valence-electron chi connectivity index (χ3n) is 3.10. The number of fused-ring (bicyclic) bond motifs is 1. The third-order valence-corrected chi connectivity index (χ3v) is 3.10. The third kappa shape index (κ3) is 3.13. The molecule has 0 bridgehead atoms. The molecule has 0 aliphatic rings. The Morgan fingerprint density at radius 2 is 2.21 bits per heavy atom. The molecule has 2 unspecified atom stereocenters. The molecule has 0 saturated heterocycles. The Bertz CT molecular complexity index is 557. The Morgan fingerprint density at radius 1 is 1.42 bits per heavy atom. The molecule has 1 aromatic carbocycles. The summed E-state index contributed by atoms with van der Waals surface area (Å²) in [4.78, 5) is 4.31. The fourth-order valence-corrected chi connectivity index (χ4v) is 1.80. The molecular formula is C14H19N3O2. The van der Waals surface area contributed by atoms with Crippen LogP contribution in [-0.2, 0) is 0 Å². The second-order valence-electron chi connectivity index (χ2n) is 4.53. The van der Waals surface area contributed by atoms with Crippen LogP contribution in [0.4, 0.5) is 5.82 Å². The van der Waals surface area contributed by atoms with Gasteiger partial charge in [0.2, 0.25) is 0 Å². The highest BCUT2D eigenvalue weighted by atomic mass is 16.5. The van der Waals surface area contributed by atoms with Gasteiger partial charge in [-0.3, -0.25) is 0 Å². The lowest BCUT2D eigenvalue weighted by Crippen LogP contribution is -2.38. The predicted octanol–water partition coefficient (Wildman–Crippen LogP) is 1.36. The number of pyridine rings is 1. The number of ether oxygens (including phenoxy) is 1. The lowest BCUT2D eigenvalue weighted by Gasteiger charge is -2.16. The van der Waals surface area contributed by atoms with Crippen LogP contribution in [0.1, 0.15) is 6.92 Å². The Hall–Kier alpha value is -1.85. The van der Waals surface area contributed by atoms with E-state index in [1.54, 1.807) is 20.2 Å². The fraction of sp³-hybridized carbons (Fsp3) is 0.357. The first-order valence-electron chi connectivity index (χ1n) is 6.22. The Balaban J connectivity index is 2.27. The summed E-state index contributed by atoms with van der Waals surface area (Å²) in [6.07, 6.45) is 1.18. The van der Waals surface area contributed by atoms with Crippen LogP contribution >= 0.6 is 0 Å². The molecule has 0 aliphatic carbocycles. The van der Waals surface area contributed by atoms with E-state index in [1.807, 2.05) is 24.3 Å². The van der Waals surface area contributed by atoms with Gasteiger partial charge in [-0.25, -0.2) is 4.98 Å². The van der Waals surface area contributed by atoms with Crippen molar-refractivity contribution in [3.8, 4) is 5.75 Å². The highest BCUT2D eigenvalue weighted by Gasteiger charge is 2.10. The SMILES string of the molecule is COc1ccc2ccnc(NCC(N)C(C)O)c2c1. The summed E-state index contributed by atoms with van der Waals surface area (Å²) in [5.74, 6) is 1.52. The molecule has 19 heavy (non-hydrogen) atoms. The average Bonchev–Trinajstić information content (AvgIpc) is 2.43. The van der Waals surface area contributed by atoms with Crippen molar-refractivity contribution in [3.05, 3.63) is 30.5 Å². The van der Waals surface area contributed by atoms with Crippen LogP contribution < -0.4 is 15.8 Å². The monoisotopic (exact) mass is 261 g/mol. The molecule has 1 aromatic heterocycles. The zero-order chi connectivity index (χ0) is 13.8. The molecule has 102 valence electrons. The molecule has 5 heteroatoms. The van der Waals surface area contributed by atoms with E-state index in [2.05, 4.69) is 10.3 Å². The zero-order valence-electron chi connectivity index (χ0n) is 11.1. The number of hydrogen-bond acceptors (Lipinski definition) is 5. The van der Waals surface area contributed by atoms with Crippen LogP contribution in [0.5, 0.6) is 5.75 Å². The standard InChI is InChI=1S/C14H19N3O2/c1-9(18)13(15)8-17-14-12-7-11(19-2)4-3-10(12)5-6-16-14/h3-7,9,13,18H,8,15H2,1-2H3,(H,16,17). The van der Waals surface area contributed by atoms with E-state index >= 15 is 0 Å². The van der Waals surface area contributed by atoms with E-state index in [4.69, 9.17) is 10.5 Å². The molecule has 2 atom stereocenters. The topological polar surface area (TPSA) is 80.4 Å². The maximum absolute atomic E-state index is 9.39. The molecule has 0 fully saturated rings. The zero-order valence-corrected chi connectivity index (χ0v) is 11.1. The molecular weight excluding hydrogens is 242 g/mol. The van der Waals surface area contributed by atoms with Gasteiger partial charge in [-0.15, -0.1) is 0 Å². The summed E-state index contributed by atoms with van der Waals surface area (Å²) in [6.45, 7) is 2.13. The number of anilines is 1. The number of rotatable bonds is 5. The number of benzene rings is 1. The Morgan fingerprint density at radius 3 is 2.89 bits per heavy atom. The molecule has 5 nitrogen and oxygen atoms in total. The van der Waals surface area contributed by atoms with Crippen molar-refractivity contribution >= 4 is 16.6 Å². The molecule has 0 spiro atoms. The van der Waals surface area contributed by atoms with Crippen molar-refractivity contribution < 1.29 is 9.84 Å². The van der Waals surface area contributed by atoms with E-state index in [0.29, 0.717) is 6.54 Å². The van der Waals surface area contributed by atoms with Gasteiger partial charge in [0.1, 0.15) is 11.6 Å². The minimum atomic E-state index is -0.558. The first-order valence-corrected chi connectivity index (χ1v) is 6.22. The number of aliphatic hydroxyl groups is 1. The maximum Gasteiger partial charge on any atom is 0.134 e. The van der Waals surface area contributed by atoms with Gasteiger partial charge in [-0.2, -0.15) is 0 Å². The number of hydrogen-bond donors (Lipinski definition) is 3. The highest BCUT2D eigenvalue weighted by Crippen LogP contribution is 2.25. The molecule has 1 heterocycles. The quantitative estimate of drug-likeness (QED) is 0.757. The van der Waals surface area contributed by atoms with Gasteiger partial charge in [0.05, 0.1) is 13.2 Å². The van der Waals surface area contributed by atoms with Crippen LogP contribution in [-0.4, -0.2) is 35.9 Å². The van der Waals surface area contributed by atoms with Crippen molar-refractivity contribution in [3.63, 3.8) is 0 Å². The van der Waals surface area contributed by atoms with Crippen LogP contribution in [0, 0.1) is 0 Å². The number of aromatic nitrogens is 1. The van der Waals surface area contributed by atoms with Crippen LogP contribution in [0.3, 0.4) is 0 Å². The van der Waals surface area contributed by atoms with E-state index in [9.17, 15) is 5.11 Å². The van der Waals surface area contributed by atoms with Crippen molar-refractivity contribution in [1.29, 1.82) is 0 Å². The molecule has 0 aliphatic heterocycles. The van der Waals surface area contributed by atoms with Gasteiger partial charge in [0.15, 0.2) is 0 Å². The summed E-state index contributed by atoms with van der Waals surface area (Å²) in [7, 11) is 1.63. The second-order valence-corrected chi connectivity index (χ2v) is 4.53. The van der Waals surface area contributed by atoms with Gasteiger partial charge < -0.3 is 20.9 Å². The van der Waals surface area contributed by atoms with E-state index in [1.165, 1.54) is 0 Å². The summed E-state index contributed by atoms with van der Waals surface area (Å²) >= 11 is 0. The summed E-state index contributed by atoms with van der Waals surface area (Å²) in [6, 6.07) is 7.43. The predicted molar refractivity (Wildman–Crippen MR) is 76.4 cm³/mol. The number of nitrogens with two attached hydrogens (primary N) is 1. The van der Waals surface area contributed by atoms with Crippen LogP contribution in [0.2, 0.25) is 0 Å². The lowest BCUT2D eigenvalue weighted by molar-refractivity contribution is 0.168. The van der Waals surface area contributed by atoms with Gasteiger partial charge in [-0.05, 0) is 30.5 Å². The number of aliphatic hydroxyl groups excluding tert-OH is 1. The average molecular weight is 261 g/mol. The second kappa shape index (κ2) is 5.86. The first-order chi connectivity index (χ1) is 9.11. The lowest BCUT2D eigenvalue weighted by atomic mass is 10.1. The maximum atomic E-state index is 9.39. The molecule has 2 rings (SSSR count). The van der Waals surface area contributed by atoms with Crippen molar-refractivity contribution in [1.82, 2.24) is 4.98 Å². The molecule has 0 saturated carbocycles. The van der Waals surface area contributed by atoms with Crippen LogP contribution in [0.25, 0.3) is 10.8 Å². The van der Waals surface area contributed by atoms with Crippen molar-refractivity contribution in [2.24, 2.45) is 5.73 Å². The van der Waals surface area contributed by atoms with Gasteiger partial charge in [-0.1, -0.05) is 6.07 Å². The molecule has 0 amide bonds. The normalized spacial score (nSPS) is 14.1. The largest absolute Gasteiger partial charge is 0.497 e. The number of methoxy groups -OCH3 is 1. The summed E-state index contributed by atoms with van der Waals surface area (Å²) in [5.41, 5.74) is 5.80. The van der Waals surface area contributed by atoms with Gasteiger partial charge >= 0.3 is 0 Å². The van der Waals surface area contributed by atoms with E-state index in [0.717, 1.165) is 22.3 Å². The van der Waals surface area contributed by atoms with E-state index in [-0.39, 0.29) is 6.04 Å². The minimum Gasteiger partial charge on any atom is -0.497 e. The summed E-state index contributed by atoms with van der Waals surface area (Å²) < 4.78 is 5.22. The molecule has 2 aromatic rings. The van der Waals surface area contributed by atoms with Crippen molar-refractivity contribution in [2.75, 3.05) is 19.0 Å². The number of nitrogens with zero attached hydrogens (tertiary/aromatic N) is 1. The van der Waals surface area contributed by atoms with Gasteiger partial charge in [0.25, 0.3) is 0 Å². The molecule has 4 N–H and O–H groups in total. The molecule has 0 radical (unpaired) electrons. The smallest absolute Gasteiger partial charge is 0.134 e. The number of nitrogens with one attached hydrogen (secondary N) is 1. The van der Waals surface area contributed by atoms with E-state index < -0.39 is 6.10 Å². The highest BCUT2D eigenvalue weighted by molar-refractivity contribution is 5.92. The summed E-state index contributed by atoms with van der Waals surface area (Å²) in [5, 5.41) is 14.6. The minimum absolute atomic E-state index is 0.331.